The topological polar surface area (TPSA) is 51.2 Å². The molecule has 88 valence electrons. The number of hydrogen-bond donors (Lipinski definition) is 0. The molecule has 0 aliphatic rings. The van der Waals surface area contributed by atoms with Gasteiger partial charge in [0, 0.05) is 16.3 Å². The smallest absolute Gasteiger partial charge is 0.257 e. The van der Waals surface area contributed by atoms with Crippen LogP contribution in [0.2, 0.25) is 0 Å². The van der Waals surface area contributed by atoms with Gasteiger partial charge in [-0.1, -0.05) is 39.7 Å². The fraction of sp³-hybridized carbons (Fsp3) is 0.222. The minimum atomic E-state index is -3.67. The summed E-state index contributed by atoms with van der Waals surface area (Å²) < 4.78 is 21.6. The Kier molecular flexibility index (Phi) is 4.42. The number of alkyl halides is 2. The molecule has 0 N–H and O–H groups in total. The molecule has 0 saturated heterocycles. The Labute approximate surface area is 121 Å². The Morgan fingerprint density at radius 3 is 2.19 bits per heavy atom. The van der Waals surface area contributed by atoms with Crippen molar-refractivity contribution in [1.82, 2.24) is 0 Å². The van der Waals surface area contributed by atoms with Crippen molar-refractivity contribution in [2.24, 2.45) is 0 Å². The highest BCUT2D eigenvalue weighted by molar-refractivity contribution is 14.1. The van der Waals surface area contributed by atoms with Gasteiger partial charge in [-0.25, -0.2) is 8.42 Å². The van der Waals surface area contributed by atoms with Gasteiger partial charge >= 0.3 is 0 Å². The standard InChI is InChI=1S/C9H7BrClIO3S/c1-16(14,15)9(11,12)8(13)6-2-4-7(10)5-3-6/h2-5H,1H3. The van der Waals surface area contributed by atoms with Gasteiger partial charge in [0.15, 0.2) is 9.84 Å². The van der Waals surface area contributed by atoms with Crippen molar-refractivity contribution < 1.29 is 13.2 Å². The summed E-state index contributed by atoms with van der Waals surface area (Å²) in [5, 5.41) is 0. The van der Waals surface area contributed by atoms with Gasteiger partial charge in [-0.2, -0.15) is 0 Å². The minimum absolute atomic E-state index is 0.262. The molecule has 1 rings (SSSR count). The quantitative estimate of drug-likeness (QED) is 0.415. The highest BCUT2D eigenvalue weighted by atomic mass is 127. The van der Waals surface area contributed by atoms with Crippen LogP contribution in [0.3, 0.4) is 0 Å². The van der Waals surface area contributed by atoms with E-state index in [1.165, 1.54) is 34.7 Å². The van der Waals surface area contributed by atoms with Crippen LogP contribution in [0.1, 0.15) is 10.4 Å². The summed E-state index contributed by atoms with van der Waals surface area (Å²) >= 11 is 10.4. The van der Waals surface area contributed by atoms with E-state index in [2.05, 4.69) is 15.9 Å². The van der Waals surface area contributed by atoms with Gasteiger partial charge in [0.2, 0.25) is 5.78 Å². The molecule has 0 fully saturated rings. The lowest BCUT2D eigenvalue weighted by atomic mass is 10.1. The summed E-state index contributed by atoms with van der Waals surface area (Å²) in [5.41, 5.74) is 0.262. The van der Waals surface area contributed by atoms with Gasteiger partial charge in [0.05, 0.1) is 0 Å². The zero-order valence-electron chi connectivity index (χ0n) is 8.08. The van der Waals surface area contributed by atoms with E-state index in [-0.39, 0.29) is 5.56 Å². The van der Waals surface area contributed by atoms with E-state index < -0.39 is 17.8 Å². The number of rotatable bonds is 3. The fourth-order valence-corrected chi connectivity index (χ4v) is 2.08. The van der Waals surface area contributed by atoms with Crippen LogP contribution in [0.25, 0.3) is 0 Å². The van der Waals surface area contributed by atoms with Gasteiger partial charge in [0.1, 0.15) is 0 Å². The molecule has 1 aromatic rings. The van der Waals surface area contributed by atoms with Crippen molar-refractivity contribution in [3.05, 3.63) is 34.3 Å². The lowest BCUT2D eigenvalue weighted by Gasteiger charge is -2.16. The van der Waals surface area contributed by atoms with E-state index in [9.17, 15) is 13.2 Å². The van der Waals surface area contributed by atoms with E-state index >= 15 is 0 Å². The van der Waals surface area contributed by atoms with Crippen LogP contribution < -0.4 is 0 Å². The van der Waals surface area contributed by atoms with Crippen LogP contribution >= 0.6 is 50.1 Å². The third kappa shape index (κ3) is 2.96. The molecule has 1 atom stereocenters. The molecule has 0 heterocycles. The fourth-order valence-electron chi connectivity index (χ4n) is 0.938. The average Bonchev–Trinajstić information content (AvgIpc) is 2.16. The van der Waals surface area contributed by atoms with Crippen molar-refractivity contribution in [3.63, 3.8) is 0 Å². The number of ketones is 1. The van der Waals surface area contributed by atoms with Gasteiger partial charge in [-0.3, -0.25) is 4.79 Å². The highest BCUT2D eigenvalue weighted by Crippen LogP contribution is 2.34. The van der Waals surface area contributed by atoms with E-state index in [0.29, 0.717) is 0 Å². The molecule has 3 nitrogen and oxygen atoms in total. The second-order valence-electron chi connectivity index (χ2n) is 3.12. The Hall–Kier alpha value is 0.340. The molecular weight excluding hydrogens is 430 g/mol. The van der Waals surface area contributed by atoms with Crippen LogP contribution in [0.5, 0.6) is 0 Å². The monoisotopic (exact) mass is 436 g/mol. The molecule has 1 unspecified atom stereocenters. The third-order valence-electron chi connectivity index (χ3n) is 1.84. The maximum Gasteiger partial charge on any atom is 0.257 e. The van der Waals surface area contributed by atoms with Crippen LogP contribution in [-0.2, 0) is 9.84 Å². The number of halogens is 3. The predicted octanol–water partition coefficient (Wildman–Crippen LogP) is 3.00. The summed E-state index contributed by atoms with van der Waals surface area (Å²) in [6.07, 6.45) is 0.934. The molecule has 7 heteroatoms. The number of Topliss-reactive ketones (excluding diaryl/α,β-unsaturated/α-hetero) is 1. The summed E-state index contributed by atoms with van der Waals surface area (Å²) in [6, 6.07) is 6.35. The zero-order valence-corrected chi connectivity index (χ0v) is 13.4. The maximum absolute atomic E-state index is 11.9. The van der Waals surface area contributed by atoms with Crippen LogP contribution in [0, 0.1) is 0 Å². The number of sulfone groups is 1. The van der Waals surface area contributed by atoms with Gasteiger partial charge in [-0.15, -0.1) is 0 Å². The molecule has 0 bridgehead atoms. The van der Waals surface area contributed by atoms with Gasteiger partial charge < -0.3 is 0 Å². The molecule has 0 radical (unpaired) electrons. The summed E-state index contributed by atoms with van der Waals surface area (Å²) in [5.74, 6) is -0.634. The first-order valence-electron chi connectivity index (χ1n) is 4.04. The summed E-state index contributed by atoms with van der Waals surface area (Å²) in [7, 11) is -3.67. The number of carbonyl (C=O) groups is 1. The lowest BCUT2D eigenvalue weighted by Crippen LogP contribution is -2.34. The molecular formula is C9H7BrClIO3S. The molecule has 1 aromatic carbocycles. The molecule has 0 aromatic heterocycles. The molecule has 16 heavy (non-hydrogen) atoms. The van der Waals surface area contributed by atoms with E-state index in [1.54, 1.807) is 12.1 Å². The lowest BCUT2D eigenvalue weighted by molar-refractivity contribution is 0.100. The second kappa shape index (κ2) is 4.91. The Bertz CT molecular complexity index is 510. The van der Waals surface area contributed by atoms with E-state index in [4.69, 9.17) is 11.6 Å². The minimum Gasteiger partial charge on any atom is -0.290 e. The van der Waals surface area contributed by atoms with Crippen molar-refractivity contribution in [3.8, 4) is 0 Å². The maximum atomic E-state index is 11.9. The molecule has 0 amide bonds. The van der Waals surface area contributed by atoms with Crippen molar-refractivity contribution >= 4 is 65.7 Å². The highest BCUT2D eigenvalue weighted by Gasteiger charge is 2.43. The van der Waals surface area contributed by atoms with Gasteiger partial charge in [0.25, 0.3) is 2.21 Å². The van der Waals surface area contributed by atoms with Crippen LogP contribution in [-0.4, -0.2) is 22.7 Å². The van der Waals surface area contributed by atoms with Crippen LogP contribution in [0.4, 0.5) is 0 Å². The van der Waals surface area contributed by atoms with Crippen molar-refractivity contribution in [2.45, 2.75) is 2.21 Å². The average molecular weight is 437 g/mol. The first-order chi connectivity index (χ1) is 7.16. The first kappa shape index (κ1) is 14.4. The van der Waals surface area contributed by atoms with Crippen LogP contribution in [0.15, 0.2) is 28.7 Å². The van der Waals surface area contributed by atoms with Crippen molar-refractivity contribution in [2.75, 3.05) is 6.26 Å². The number of hydrogen-bond acceptors (Lipinski definition) is 3. The van der Waals surface area contributed by atoms with E-state index in [0.717, 1.165) is 10.7 Å². The Morgan fingerprint density at radius 1 is 1.38 bits per heavy atom. The molecule has 0 spiro atoms. The first-order valence-corrected chi connectivity index (χ1v) is 8.18. The number of carbonyl (C=O) groups excluding carboxylic acids is 1. The summed E-state index contributed by atoms with van der Waals surface area (Å²) in [4.78, 5) is 11.9. The van der Waals surface area contributed by atoms with Crippen molar-refractivity contribution in [1.29, 1.82) is 0 Å². The Balaban J connectivity index is 3.18. The SMILES string of the molecule is CS(=O)(=O)C(Cl)(I)C(=O)c1ccc(Br)cc1. The molecule has 0 aliphatic heterocycles. The largest absolute Gasteiger partial charge is 0.290 e. The van der Waals surface area contributed by atoms with Gasteiger partial charge in [-0.05, 0) is 34.7 Å². The van der Waals surface area contributed by atoms with E-state index in [1.807, 2.05) is 0 Å². The Morgan fingerprint density at radius 2 is 1.81 bits per heavy atom. The predicted molar refractivity (Wildman–Crippen MR) is 75.9 cm³/mol. The zero-order chi connectivity index (χ0) is 12.6. The molecule has 0 saturated carbocycles. The number of benzene rings is 1. The third-order valence-corrected chi connectivity index (χ3v) is 7.38. The molecule has 0 aliphatic carbocycles. The summed E-state index contributed by atoms with van der Waals surface area (Å²) in [6.45, 7) is 0. The normalized spacial score (nSPS) is 15.5. The second-order valence-corrected chi connectivity index (χ2v) is 9.98.